The van der Waals surface area contributed by atoms with Gasteiger partial charge >= 0.3 is 0 Å². The van der Waals surface area contributed by atoms with Gasteiger partial charge in [-0.2, -0.15) is 0 Å². The van der Waals surface area contributed by atoms with Crippen LogP contribution < -0.4 is 10.2 Å². The lowest BCUT2D eigenvalue weighted by Gasteiger charge is -2.18. The molecule has 1 aliphatic rings. The van der Waals surface area contributed by atoms with Crippen LogP contribution in [0.3, 0.4) is 0 Å². The highest BCUT2D eigenvalue weighted by atomic mass is 16.5. The van der Waals surface area contributed by atoms with E-state index < -0.39 is 0 Å². The molecule has 19 heavy (non-hydrogen) atoms. The number of nitrogens with one attached hydrogen (secondary N) is 1. The Hall–Kier alpha value is -1.40. The maximum absolute atomic E-state index is 9.20. The molecule has 2 N–H and O–H groups in total. The minimum Gasteiger partial charge on any atom is -0.396 e. The normalized spacial score (nSPS) is 18.9. The molecule has 1 aromatic rings. The van der Waals surface area contributed by atoms with E-state index in [1.165, 1.54) is 0 Å². The van der Waals surface area contributed by atoms with E-state index in [0.29, 0.717) is 12.5 Å². The molecule has 6 heteroatoms. The van der Waals surface area contributed by atoms with Gasteiger partial charge in [0.25, 0.3) is 0 Å². The monoisotopic (exact) mass is 266 g/mol. The van der Waals surface area contributed by atoms with Crippen molar-refractivity contribution in [2.45, 2.75) is 13.3 Å². The van der Waals surface area contributed by atoms with Crippen molar-refractivity contribution >= 4 is 11.6 Å². The molecule has 0 spiro atoms. The van der Waals surface area contributed by atoms with Crippen LogP contribution in [0, 0.1) is 12.8 Å². The van der Waals surface area contributed by atoms with Crippen LogP contribution in [0.2, 0.25) is 0 Å². The number of nitrogens with zero attached hydrogens (tertiary/aromatic N) is 3. The Kier molecular flexibility index (Phi) is 4.93. The van der Waals surface area contributed by atoms with Crippen molar-refractivity contribution in [1.82, 2.24) is 9.97 Å². The molecule has 1 saturated heterocycles. The molecular weight excluding hydrogens is 244 g/mol. The molecule has 1 atom stereocenters. The van der Waals surface area contributed by atoms with Gasteiger partial charge in [0.1, 0.15) is 17.5 Å². The van der Waals surface area contributed by atoms with E-state index in [0.717, 1.165) is 43.5 Å². The molecule has 2 heterocycles. The van der Waals surface area contributed by atoms with Crippen LogP contribution in [0.25, 0.3) is 0 Å². The summed E-state index contributed by atoms with van der Waals surface area (Å²) in [5, 5.41) is 12.4. The number of aliphatic hydroxyl groups excluding tert-OH is 1. The van der Waals surface area contributed by atoms with Crippen molar-refractivity contribution < 1.29 is 9.84 Å². The van der Waals surface area contributed by atoms with Crippen molar-refractivity contribution in [2.75, 3.05) is 50.2 Å². The number of aryl methyl sites for hydroxylation is 1. The average molecular weight is 266 g/mol. The fourth-order valence-electron chi connectivity index (χ4n) is 2.28. The predicted molar refractivity (Wildman–Crippen MR) is 74.5 cm³/mol. The Labute approximate surface area is 113 Å². The van der Waals surface area contributed by atoms with Gasteiger partial charge in [-0.05, 0) is 13.3 Å². The second-order valence-electron chi connectivity index (χ2n) is 4.86. The third kappa shape index (κ3) is 3.78. The van der Waals surface area contributed by atoms with Gasteiger partial charge in [-0.3, -0.25) is 0 Å². The number of aliphatic hydroxyl groups is 1. The summed E-state index contributed by atoms with van der Waals surface area (Å²) in [5.41, 5.74) is 0. The highest BCUT2D eigenvalue weighted by Crippen LogP contribution is 2.23. The summed E-state index contributed by atoms with van der Waals surface area (Å²) in [6, 6.07) is 1.96. The van der Waals surface area contributed by atoms with Crippen molar-refractivity contribution in [1.29, 1.82) is 0 Å². The number of rotatable bonds is 6. The Morgan fingerprint density at radius 3 is 3.05 bits per heavy atom. The van der Waals surface area contributed by atoms with E-state index in [-0.39, 0.29) is 6.61 Å². The number of ether oxygens (including phenoxy) is 1. The van der Waals surface area contributed by atoms with E-state index >= 15 is 0 Å². The van der Waals surface area contributed by atoms with E-state index in [2.05, 4.69) is 20.2 Å². The summed E-state index contributed by atoms with van der Waals surface area (Å²) >= 11 is 0. The van der Waals surface area contributed by atoms with Crippen LogP contribution in [0.1, 0.15) is 12.2 Å². The second kappa shape index (κ2) is 6.68. The minimum absolute atomic E-state index is 0.250. The first-order chi connectivity index (χ1) is 9.22. The van der Waals surface area contributed by atoms with Gasteiger partial charge in [-0.1, -0.05) is 0 Å². The van der Waals surface area contributed by atoms with Gasteiger partial charge in [-0.25, -0.2) is 9.97 Å². The number of methoxy groups -OCH3 is 1. The Morgan fingerprint density at radius 2 is 2.37 bits per heavy atom. The molecular formula is C13H22N4O2. The van der Waals surface area contributed by atoms with Crippen LogP contribution in [0.5, 0.6) is 0 Å². The Morgan fingerprint density at radius 1 is 1.53 bits per heavy atom. The number of aromatic nitrogens is 2. The standard InChI is InChI=1S/C13H22N4O2/c1-10-15-12(14-4-6-19-2)7-13(16-10)17-5-3-11(8-17)9-18/h7,11,18H,3-6,8-9H2,1-2H3,(H,14,15,16). The zero-order chi connectivity index (χ0) is 13.7. The molecule has 2 rings (SSSR count). The highest BCUT2D eigenvalue weighted by Gasteiger charge is 2.23. The van der Waals surface area contributed by atoms with Crippen molar-refractivity contribution in [3.63, 3.8) is 0 Å². The summed E-state index contributed by atoms with van der Waals surface area (Å²) in [6.45, 7) is 5.33. The zero-order valence-electron chi connectivity index (χ0n) is 11.6. The van der Waals surface area contributed by atoms with E-state index in [1.54, 1.807) is 7.11 Å². The summed E-state index contributed by atoms with van der Waals surface area (Å²) in [5.74, 6) is 2.88. The Bertz CT molecular complexity index is 414. The highest BCUT2D eigenvalue weighted by molar-refractivity contribution is 5.50. The maximum Gasteiger partial charge on any atom is 0.134 e. The molecule has 1 aliphatic heterocycles. The fraction of sp³-hybridized carbons (Fsp3) is 0.692. The third-order valence-electron chi connectivity index (χ3n) is 3.30. The van der Waals surface area contributed by atoms with Crippen molar-refractivity contribution in [3.8, 4) is 0 Å². The molecule has 0 radical (unpaired) electrons. The molecule has 106 valence electrons. The first-order valence-electron chi connectivity index (χ1n) is 6.67. The largest absolute Gasteiger partial charge is 0.396 e. The van der Waals surface area contributed by atoms with Crippen LogP contribution in [-0.2, 0) is 4.74 Å². The zero-order valence-corrected chi connectivity index (χ0v) is 11.6. The third-order valence-corrected chi connectivity index (χ3v) is 3.30. The first-order valence-corrected chi connectivity index (χ1v) is 6.67. The van der Waals surface area contributed by atoms with Gasteiger partial charge < -0.3 is 20.1 Å². The summed E-state index contributed by atoms with van der Waals surface area (Å²) in [7, 11) is 1.68. The fourth-order valence-corrected chi connectivity index (χ4v) is 2.28. The molecule has 6 nitrogen and oxygen atoms in total. The van der Waals surface area contributed by atoms with Gasteiger partial charge in [0.15, 0.2) is 0 Å². The van der Waals surface area contributed by atoms with E-state index in [9.17, 15) is 5.11 Å². The SMILES string of the molecule is COCCNc1cc(N2CCC(CO)C2)nc(C)n1. The van der Waals surface area contributed by atoms with Gasteiger partial charge in [0, 0.05) is 45.3 Å². The van der Waals surface area contributed by atoms with Gasteiger partial charge in [0.2, 0.25) is 0 Å². The first kappa shape index (κ1) is 14.0. The average Bonchev–Trinajstić information content (AvgIpc) is 2.87. The molecule has 1 unspecified atom stereocenters. The number of hydrogen-bond acceptors (Lipinski definition) is 6. The minimum atomic E-state index is 0.250. The van der Waals surface area contributed by atoms with Crippen LogP contribution in [0.15, 0.2) is 6.07 Å². The topological polar surface area (TPSA) is 70.5 Å². The van der Waals surface area contributed by atoms with E-state index in [1.807, 2.05) is 13.0 Å². The lowest BCUT2D eigenvalue weighted by atomic mass is 10.1. The number of hydrogen-bond donors (Lipinski definition) is 2. The predicted octanol–water partition coefficient (Wildman–Crippen LogP) is 0.662. The Balaban J connectivity index is 2.04. The summed E-state index contributed by atoms with van der Waals surface area (Å²) < 4.78 is 5.01. The summed E-state index contributed by atoms with van der Waals surface area (Å²) in [6.07, 6.45) is 1.02. The number of anilines is 2. The quantitative estimate of drug-likeness (QED) is 0.737. The van der Waals surface area contributed by atoms with Crippen molar-refractivity contribution in [2.24, 2.45) is 5.92 Å². The molecule has 0 bridgehead atoms. The van der Waals surface area contributed by atoms with Crippen molar-refractivity contribution in [3.05, 3.63) is 11.9 Å². The van der Waals surface area contributed by atoms with E-state index in [4.69, 9.17) is 4.74 Å². The van der Waals surface area contributed by atoms with Crippen LogP contribution >= 0.6 is 0 Å². The smallest absolute Gasteiger partial charge is 0.134 e. The lowest BCUT2D eigenvalue weighted by molar-refractivity contribution is 0.210. The van der Waals surface area contributed by atoms with Gasteiger partial charge in [0.05, 0.1) is 6.61 Å². The molecule has 1 aromatic heterocycles. The maximum atomic E-state index is 9.20. The summed E-state index contributed by atoms with van der Waals surface area (Å²) in [4.78, 5) is 11.0. The van der Waals surface area contributed by atoms with Gasteiger partial charge in [-0.15, -0.1) is 0 Å². The lowest BCUT2D eigenvalue weighted by Crippen LogP contribution is -2.22. The van der Waals surface area contributed by atoms with Crippen LogP contribution in [0.4, 0.5) is 11.6 Å². The molecule has 1 fully saturated rings. The molecule has 0 saturated carbocycles. The molecule has 0 amide bonds. The molecule has 0 aromatic carbocycles. The second-order valence-corrected chi connectivity index (χ2v) is 4.86. The molecule has 0 aliphatic carbocycles. The van der Waals surface area contributed by atoms with Crippen LogP contribution in [-0.4, -0.2) is 55.0 Å².